The summed E-state index contributed by atoms with van der Waals surface area (Å²) in [5.74, 6) is -0.0988. The minimum absolute atomic E-state index is 0.162. The monoisotopic (exact) mass is 657 g/mol. The van der Waals surface area contributed by atoms with E-state index in [-0.39, 0.29) is 11.3 Å². The fourth-order valence-electron chi connectivity index (χ4n) is 5.52. The minimum Gasteiger partial charge on any atom is -0.465 e. The van der Waals surface area contributed by atoms with Gasteiger partial charge in [-0.05, 0) is 91.2 Å². The van der Waals surface area contributed by atoms with Crippen LogP contribution in [0.5, 0.6) is 0 Å². The Labute approximate surface area is 279 Å². The molecule has 1 amide bonds. The molecule has 3 aromatic carbocycles. The van der Waals surface area contributed by atoms with Gasteiger partial charge in [0.25, 0.3) is 0 Å². The Bertz CT molecular complexity index is 1680. The van der Waals surface area contributed by atoms with Crippen LogP contribution in [0.15, 0.2) is 83.8 Å². The summed E-state index contributed by atoms with van der Waals surface area (Å²) in [5, 5.41) is 10.1. The van der Waals surface area contributed by atoms with Crippen LogP contribution >= 0.6 is 35.3 Å². The number of methoxy groups -OCH3 is 1. The standard InChI is InChI=1S/C36H39N3O3S3/c1-22-14-17-25(18-15-22)37-35(43)38-26-12-9-13-27(21-26)44-31(23-10-7-6-8-11-23)32(40)39-33-30(34(41)42-5)28-19-16-24(36(2,3)4)20-29(28)45-33/h6-15,17-18,21,24,31H,16,19-20H2,1-5H3,(H,39,40)(H2,37,38,43). The Hall–Kier alpha value is -3.66. The molecular weight excluding hydrogens is 619 g/mol. The minimum atomic E-state index is -0.564. The Morgan fingerprint density at radius 2 is 1.67 bits per heavy atom. The van der Waals surface area contributed by atoms with Gasteiger partial charge in [-0.3, -0.25) is 4.79 Å². The van der Waals surface area contributed by atoms with Crippen LogP contribution < -0.4 is 16.0 Å². The van der Waals surface area contributed by atoms with Crippen molar-refractivity contribution in [2.45, 2.75) is 57.1 Å². The molecule has 0 radical (unpaired) electrons. The van der Waals surface area contributed by atoms with Crippen molar-refractivity contribution in [2.75, 3.05) is 23.1 Å². The van der Waals surface area contributed by atoms with Crippen molar-refractivity contribution in [2.24, 2.45) is 11.3 Å². The number of anilines is 3. The largest absolute Gasteiger partial charge is 0.465 e. The second-order valence-corrected chi connectivity index (χ2v) is 15.1. The van der Waals surface area contributed by atoms with E-state index in [2.05, 4.69) is 36.7 Å². The lowest BCUT2D eigenvalue weighted by Gasteiger charge is -2.33. The maximum absolute atomic E-state index is 14.1. The molecule has 6 nitrogen and oxygen atoms in total. The van der Waals surface area contributed by atoms with Gasteiger partial charge in [0.15, 0.2) is 5.11 Å². The molecule has 1 aromatic heterocycles. The van der Waals surface area contributed by atoms with Crippen molar-refractivity contribution >= 4 is 68.7 Å². The van der Waals surface area contributed by atoms with Crippen LogP contribution in [0, 0.1) is 18.3 Å². The Kier molecular flexibility index (Phi) is 10.3. The highest BCUT2D eigenvalue weighted by Crippen LogP contribution is 2.45. The highest BCUT2D eigenvalue weighted by Gasteiger charge is 2.35. The number of thiophene rings is 1. The van der Waals surface area contributed by atoms with E-state index in [0.717, 1.165) is 51.5 Å². The summed E-state index contributed by atoms with van der Waals surface area (Å²) in [6.45, 7) is 8.84. The number of esters is 1. The SMILES string of the molecule is COC(=O)c1c(NC(=O)C(Sc2cccc(NC(=S)Nc3ccc(C)cc3)c2)c2ccccc2)sc2c1CCC(C(C)(C)C)C2. The number of aryl methyl sites for hydroxylation is 1. The molecule has 1 aliphatic rings. The second kappa shape index (κ2) is 14.2. The zero-order valence-electron chi connectivity index (χ0n) is 26.2. The van der Waals surface area contributed by atoms with Gasteiger partial charge < -0.3 is 20.7 Å². The van der Waals surface area contributed by atoms with E-state index in [1.165, 1.54) is 35.8 Å². The molecule has 5 rings (SSSR count). The summed E-state index contributed by atoms with van der Waals surface area (Å²) in [6.07, 6.45) is 2.69. The Balaban J connectivity index is 1.37. The van der Waals surface area contributed by atoms with Gasteiger partial charge in [-0.2, -0.15) is 0 Å². The van der Waals surface area contributed by atoms with E-state index in [4.69, 9.17) is 17.0 Å². The van der Waals surface area contributed by atoms with Gasteiger partial charge in [0.1, 0.15) is 10.3 Å². The lowest BCUT2D eigenvalue weighted by Crippen LogP contribution is -2.26. The van der Waals surface area contributed by atoms with E-state index in [1.807, 2.05) is 85.8 Å². The summed E-state index contributed by atoms with van der Waals surface area (Å²) in [5.41, 5.74) is 5.43. The molecule has 234 valence electrons. The van der Waals surface area contributed by atoms with E-state index in [9.17, 15) is 9.59 Å². The van der Waals surface area contributed by atoms with Gasteiger partial charge in [0, 0.05) is 21.1 Å². The van der Waals surface area contributed by atoms with Crippen molar-refractivity contribution in [1.29, 1.82) is 0 Å². The third-order valence-corrected chi connectivity index (χ3v) is 10.7. The maximum Gasteiger partial charge on any atom is 0.341 e. The molecule has 3 N–H and O–H groups in total. The summed E-state index contributed by atoms with van der Waals surface area (Å²) < 4.78 is 5.19. The first kappa shape index (κ1) is 32.7. The molecular formula is C36H39N3O3S3. The third-order valence-electron chi connectivity index (χ3n) is 8.11. The zero-order valence-corrected chi connectivity index (χ0v) is 28.7. The van der Waals surface area contributed by atoms with Gasteiger partial charge in [0.05, 0.1) is 12.7 Å². The predicted octanol–water partition coefficient (Wildman–Crippen LogP) is 9.28. The molecule has 4 aromatic rings. The number of hydrogen-bond donors (Lipinski definition) is 3. The van der Waals surface area contributed by atoms with Crippen molar-refractivity contribution in [1.82, 2.24) is 0 Å². The molecule has 1 heterocycles. The molecule has 0 fully saturated rings. The zero-order chi connectivity index (χ0) is 32.1. The molecule has 9 heteroatoms. The van der Waals surface area contributed by atoms with E-state index < -0.39 is 11.2 Å². The van der Waals surface area contributed by atoms with Gasteiger partial charge in [-0.1, -0.05) is 74.9 Å². The van der Waals surface area contributed by atoms with Gasteiger partial charge in [-0.15, -0.1) is 23.1 Å². The van der Waals surface area contributed by atoms with Gasteiger partial charge in [0.2, 0.25) is 5.91 Å². The summed E-state index contributed by atoms with van der Waals surface area (Å²) in [7, 11) is 1.39. The Morgan fingerprint density at radius 3 is 2.36 bits per heavy atom. The van der Waals surface area contributed by atoms with Crippen LogP contribution in [0.4, 0.5) is 16.4 Å². The summed E-state index contributed by atoms with van der Waals surface area (Å²) >= 11 is 8.51. The first-order valence-corrected chi connectivity index (χ1v) is 17.1. The van der Waals surface area contributed by atoms with Crippen LogP contribution in [0.3, 0.4) is 0 Å². The number of carbonyl (C=O) groups excluding carboxylic acids is 2. The molecule has 0 saturated heterocycles. The molecule has 45 heavy (non-hydrogen) atoms. The second-order valence-electron chi connectivity index (χ2n) is 12.4. The smallest absolute Gasteiger partial charge is 0.341 e. The lowest BCUT2D eigenvalue weighted by molar-refractivity contribution is -0.115. The molecule has 2 unspecified atom stereocenters. The normalized spacial score (nSPS) is 15.0. The van der Waals surface area contributed by atoms with Crippen LogP contribution in [0.2, 0.25) is 0 Å². The number of benzene rings is 3. The molecule has 0 aliphatic heterocycles. The van der Waals surface area contributed by atoms with Crippen LogP contribution in [-0.2, 0) is 22.4 Å². The molecule has 2 atom stereocenters. The number of rotatable bonds is 8. The molecule has 0 bridgehead atoms. The van der Waals surface area contributed by atoms with E-state index in [1.54, 1.807) is 0 Å². The van der Waals surface area contributed by atoms with Crippen LogP contribution in [0.25, 0.3) is 0 Å². The number of amides is 1. The van der Waals surface area contributed by atoms with Crippen LogP contribution in [0.1, 0.15) is 64.4 Å². The number of hydrogen-bond acceptors (Lipinski definition) is 6. The highest BCUT2D eigenvalue weighted by atomic mass is 32.2. The van der Waals surface area contributed by atoms with Gasteiger partial charge >= 0.3 is 5.97 Å². The quantitative estimate of drug-likeness (QED) is 0.0990. The first-order valence-electron chi connectivity index (χ1n) is 15.0. The maximum atomic E-state index is 14.1. The lowest BCUT2D eigenvalue weighted by atomic mass is 9.72. The Morgan fingerprint density at radius 1 is 0.956 bits per heavy atom. The fraction of sp³-hybridized carbons (Fsp3) is 0.306. The van der Waals surface area contributed by atoms with Crippen molar-refractivity contribution in [3.05, 3.63) is 106 Å². The average molecular weight is 658 g/mol. The average Bonchev–Trinajstić information content (AvgIpc) is 3.37. The predicted molar refractivity (Wildman–Crippen MR) is 192 cm³/mol. The van der Waals surface area contributed by atoms with Gasteiger partial charge in [-0.25, -0.2) is 4.79 Å². The summed E-state index contributed by atoms with van der Waals surface area (Å²) in [4.78, 5) is 29.2. The van der Waals surface area contributed by atoms with E-state index in [0.29, 0.717) is 21.6 Å². The topological polar surface area (TPSA) is 79.5 Å². The highest BCUT2D eigenvalue weighted by molar-refractivity contribution is 8.00. The number of carbonyl (C=O) groups is 2. The number of nitrogens with one attached hydrogen (secondary N) is 3. The third kappa shape index (κ3) is 8.14. The van der Waals surface area contributed by atoms with Crippen molar-refractivity contribution in [3.63, 3.8) is 0 Å². The number of thioether (sulfide) groups is 1. The van der Waals surface area contributed by atoms with Crippen molar-refractivity contribution in [3.8, 4) is 0 Å². The van der Waals surface area contributed by atoms with Crippen molar-refractivity contribution < 1.29 is 14.3 Å². The summed E-state index contributed by atoms with van der Waals surface area (Å²) in [6, 6.07) is 25.6. The number of ether oxygens (including phenoxy) is 1. The molecule has 0 spiro atoms. The number of fused-ring (bicyclic) bond motifs is 1. The first-order chi connectivity index (χ1) is 21.5. The van der Waals surface area contributed by atoms with E-state index >= 15 is 0 Å². The molecule has 1 aliphatic carbocycles. The number of thiocarbonyl (C=S) groups is 1. The fourth-order valence-corrected chi connectivity index (χ4v) is 8.16. The van der Waals surface area contributed by atoms with Crippen LogP contribution in [-0.4, -0.2) is 24.1 Å². The molecule has 0 saturated carbocycles.